The zero-order valence-electron chi connectivity index (χ0n) is 20.1. The Morgan fingerprint density at radius 1 is 1.12 bits per heavy atom. The Morgan fingerprint density at radius 2 is 1.91 bits per heavy atom. The van der Waals surface area contributed by atoms with Crippen molar-refractivity contribution in [2.24, 2.45) is 10.9 Å². The van der Waals surface area contributed by atoms with E-state index in [0.29, 0.717) is 18.9 Å². The van der Waals surface area contributed by atoms with Crippen molar-refractivity contribution in [2.75, 3.05) is 49.6 Å². The Bertz CT molecular complexity index is 966. The Balaban J connectivity index is 0.00000324. The summed E-state index contributed by atoms with van der Waals surface area (Å²) >= 11 is 0. The number of carbonyl (C=O) groups is 1. The minimum absolute atomic E-state index is 0. The van der Waals surface area contributed by atoms with E-state index in [2.05, 4.69) is 46.7 Å². The van der Waals surface area contributed by atoms with Crippen molar-refractivity contribution >= 4 is 47.2 Å². The fraction of sp³-hybridized carbons (Fsp3) is 0.462. The molecule has 0 aromatic heterocycles. The van der Waals surface area contributed by atoms with Gasteiger partial charge in [0.25, 0.3) is 0 Å². The van der Waals surface area contributed by atoms with Crippen LogP contribution in [-0.2, 0) is 11.3 Å². The number of amides is 1. The smallest absolute Gasteiger partial charge is 0.227 e. The highest BCUT2D eigenvalue weighted by Crippen LogP contribution is 2.31. The first-order valence-electron chi connectivity index (χ1n) is 12.0. The van der Waals surface area contributed by atoms with Crippen LogP contribution in [0.4, 0.5) is 11.4 Å². The molecular formula is C26H36IN5O2. The number of hydrogen-bond acceptors (Lipinski definition) is 4. The van der Waals surface area contributed by atoms with Crippen LogP contribution in [0.15, 0.2) is 53.5 Å². The summed E-state index contributed by atoms with van der Waals surface area (Å²) in [7, 11) is 1.73. The topological polar surface area (TPSA) is 69.2 Å². The van der Waals surface area contributed by atoms with Gasteiger partial charge in [-0.2, -0.15) is 0 Å². The van der Waals surface area contributed by atoms with Crippen molar-refractivity contribution in [3.63, 3.8) is 0 Å². The molecule has 2 saturated heterocycles. The maximum absolute atomic E-state index is 11.9. The van der Waals surface area contributed by atoms with Gasteiger partial charge >= 0.3 is 0 Å². The average Bonchev–Trinajstić information content (AvgIpc) is 3.50. The van der Waals surface area contributed by atoms with Crippen LogP contribution in [0, 0.1) is 5.92 Å². The van der Waals surface area contributed by atoms with Crippen LogP contribution < -0.4 is 25.2 Å². The molecule has 34 heavy (non-hydrogen) atoms. The Hall–Kier alpha value is -2.49. The number of hydrogen-bond donors (Lipinski definition) is 2. The maximum Gasteiger partial charge on any atom is 0.227 e. The number of aliphatic imine (C=N–C) groups is 1. The van der Waals surface area contributed by atoms with Gasteiger partial charge in [0.2, 0.25) is 5.91 Å². The molecule has 1 unspecified atom stereocenters. The first kappa shape index (κ1) is 26.1. The van der Waals surface area contributed by atoms with Crippen molar-refractivity contribution in [2.45, 2.75) is 32.7 Å². The summed E-state index contributed by atoms with van der Waals surface area (Å²) in [6.07, 6.45) is 2.74. The monoisotopic (exact) mass is 577 g/mol. The molecule has 8 heteroatoms. The van der Waals surface area contributed by atoms with Gasteiger partial charge in [0.05, 0.1) is 19.3 Å². The van der Waals surface area contributed by atoms with E-state index in [1.165, 1.54) is 5.69 Å². The van der Waals surface area contributed by atoms with Gasteiger partial charge in [0.15, 0.2) is 5.96 Å². The molecule has 1 amide bonds. The predicted molar refractivity (Wildman–Crippen MR) is 150 cm³/mol. The molecule has 0 aliphatic carbocycles. The average molecular weight is 578 g/mol. The Kier molecular flexibility index (Phi) is 9.86. The van der Waals surface area contributed by atoms with Crippen LogP contribution in [0.25, 0.3) is 0 Å². The van der Waals surface area contributed by atoms with E-state index in [-0.39, 0.29) is 29.9 Å². The number of methoxy groups -OCH3 is 1. The lowest BCUT2D eigenvalue weighted by Crippen LogP contribution is -2.40. The number of nitrogens with zero attached hydrogens (tertiary/aromatic N) is 3. The molecule has 7 nitrogen and oxygen atoms in total. The van der Waals surface area contributed by atoms with Crippen molar-refractivity contribution < 1.29 is 9.53 Å². The first-order chi connectivity index (χ1) is 16.2. The van der Waals surface area contributed by atoms with E-state index in [0.717, 1.165) is 68.5 Å². The molecule has 2 aromatic rings. The molecule has 0 saturated carbocycles. The number of carbonyl (C=O) groups excluding carboxylic acids is 1. The highest BCUT2D eigenvalue weighted by Gasteiger charge is 2.25. The number of guanidine groups is 1. The molecular weight excluding hydrogens is 541 g/mol. The van der Waals surface area contributed by atoms with Gasteiger partial charge in [-0.1, -0.05) is 24.3 Å². The molecule has 4 rings (SSSR count). The van der Waals surface area contributed by atoms with Gasteiger partial charge in [0.1, 0.15) is 5.75 Å². The Labute approximate surface area is 220 Å². The molecule has 2 N–H and O–H groups in total. The predicted octanol–water partition coefficient (Wildman–Crippen LogP) is 4.02. The van der Waals surface area contributed by atoms with Crippen molar-refractivity contribution in [3.05, 3.63) is 54.1 Å². The zero-order chi connectivity index (χ0) is 23.0. The number of ether oxygens (including phenoxy) is 1. The van der Waals surface area contributed by atoms with E-state index in [1.807, 2.05) is 29.2 Å². The highest BCUT2D eigenvalue weighted by atomic mass is 127. The summed E-state index contributed by atoms with van der Waals surface area (Å²) in [4.78, 5) is 21.0. The maximum atomic E-state index is 11.9. The van der Waals surface area contributed by atoms with Crippen LogP contribution in [0.1, 0.15) is 31.7 Å². The van der Waals surface area contributed by atoms with Gasteiger partial charge in [-0.05, 0) is 55.5 Å². The quantitative estimate of drug-likeness (QED) is 0.282. The lowest BCUT2D eigenvalue weighted by atomic mass is 10.1. The molecule has 2 heterocycles. The fourth-order valence-electron chi connectivity index (χ4n) is 4.56. The van der Waals surface area contributed by atoms with Gasteiger partial charge in [-0.15, -0.1) is 24.0 Å². The second kappa shape index (κ2) is 12.8. The van der Waals surface area contributed by atoms with Gasteiger partial charge in [0, 0.05) is 44.8 Å². The van der Waals surface area contributed by atoms with Gasteiger partial charge < -0.3 is 25.2 Å². The number of para-hydroxylation sites is 2. The van der Waals surface area contributed by atoms with Crippen LogP contribution in [0.3, 0.4) is 0 Å². The largest absolute Gasteiger partial charge is 0.495 e. The molecule has 2 aliphatic heterocycles. The van der Waals surface area contributed by atoms with Crippen LogP contribution >= 0.6 is 24.0 Å². The van der Waals surface area contributed by atoms with Crippen LogP contribution in [-0.4, -0.2) is 51.7 Å². The summed E-state index contributed by atoms with van der Waals surface area (Å²) in [5.41, 5.74) is 3.28. The second-order valence-electron chi connectivity index (χ2n) is 8.66. The van der Waals surface area contributed by atoms with Gasteiger partial charge in [-0.25, -0.2) is 4.99 Å². The summed E-state index contributed by atoms with van der Waals surface area (Å²) in [6, 6.07) is 16.4. The zero-order valence-corrected chi connectivity index (χ0v) is 22.5. The SMILES string of the molecule is CCNC(=NCc1ccc(N2CCCC2=O)cc1)NCC1CCN(c2ccccc2OC)C1.I. The number of anilines is 2. The van der Waals surface area contributed by atoms with E-state index >= 15 is 0 Å². The Morgan fingerprint density at radius 3 is 2.62 bits per heavy atom. The summed E-state index contributed by atoms with van der Waals surface area (Å²) in [5, 5.41) is 6.88. The number of halogens is 1. The number of rotatable bonds is 8. The third kappa shape index (κ3) is 6.55. The van der Waals surface area contributed by atoms with Crippen LogP contribution in [0.2, 0.25) is 0 Å². The summed E-state index contributed by atoms with van der Waals surface area (Å²) in [6.45, 7) is 7.24. The van der Waals surface area contributed by atoms with Crippen LogP contribution in [0.5, 0.6) is 5.75 Å². The van der Waals surface area contributed by atoms with Gasteiger partial charge in [-0.3, -0.25) is 4.79 Å². The standard InChI is InChI=1S/C26H35N5O2.HI/c1-3-27-26(28-17-20-10-12-22(13-11-20)31-15-6-9-25(31)32)29-18-21-14-16-30(19-21)23-7-4-5-8-24(23)33-2;/h4-5,7-8,10-13,21H,3,6,9,14-19H2,1-2H3,(H2,27,28,29);1H. The molecule has 2 aromatic carbocycles. The molecule has 0 spiro atoms. The molecule has 0 bridgehead atoms. The lowest BCUT2D eigenvalue weighted by molar-refractivity contribution is -0.117. The minimum Gasteiger partial charge on any atom is -0.495 e. The number of nitrogens with one attached hydrogen (secondary N) is 2. The third-order valence-corrected chi connectivity index (χ3v) is 6.36. The third-order valence-electron chi connectivity index (χ3n) is 6.36. The normalized spacial score (nSPS) is 18.1. The van der Waals surface area contributed by atoms with E-state index in [4.69, 9.17) is 9.73 Å². The minimum atomic E-state index is 0. The number of benzene rings is 2. The summed E-state index contributed by atoms with van der Waals surface area (Å²) < 4.78 is 5.53. The van der Waals surface area contributed by atoms with Crippen molar-refractivity contribution in [1.82, 2.24) is 10.6 Å². The van der Waals surface area contributed by atoms with E-state index < -0.39 is 0 Å². The molecule has 0 radical (unpaired) electrons. The second-order valence-corrected chi connectivity index (χ2v) is 8.66. The van der Waals surface area contributed by atoms with E-state index in [9.17, 15) is 4.79 Å². The van der Waals surface area contributed by atoms with E-state index in [1.54, 1.807) is 7.11 Å². The summed E-state index contributed by atoms with van der Waals surface area (Å²) in [5.74, 6) is 2.54. The highest BCUT2D eigenvalue weighted by molar-refractivity contribution is 14.0. The lowest BCUT2D eigenvalue weighted by Gasteiger charge is -2.21. The fourth-order valence-corrected chi connectivity index (χ4v) is 4.56. The van der Waals surface area contributed by atoms with Crippen molar-refractivity contribution in [1.29, 1.82) is 0 Å². The first-order valence-corrected chi connectivity index (χ1v) is 12.0. The van der Waals surface area contributed by atoms with Crippen molar-refractivity contribution in [3.8, 4) is 5.75 Å². The molecule has 2 aliphatic rings. The molecule has 184 valence electrons. The molecule has 1 atom stereocenters. The molecule has 2 fully saturated rings.